The molecule has 2 aliphatic rings. The Morgan fingerprint density at radius 2 is 2.10 bits per heavy atom. The quantitative estimate of drug-likeness (QED) is 0.836. The minimum atomic E-state index is -3.09. The standard InChI is InChI=1S/C15H19N3O2S/c1-21(19,20)18-10-14-6-7-17(11-15(14)18)9-13-5-3-2-4-12(13)8-16/h2-5,14-15H,6-7,9-11H2,1H3/t14-,15-/m1/s1. The summed E-state index contributed by atoms with van der Waals surface area (Å²) in [7, 11) is -3.09. The van der Waals surface area contributed by atoms with Gasteiger partial charge in [0.25, 0.3) is 0 Å². The van der Waals surface area contributed by atoms with Crippen molar-refractivity contribution in [2.45, 2.75) is 19.0 Å². The van der Waals surface area contributed by atoms with Gasteiger partial charge in [0.2, 0.25) is 10.0 Å². The Kier molecular flexibility index (Phi) is 3.74. The molecule has 2 fully saturated rings. The van der Waals surface area contributed by atoms with Gasteiger partial charge in [-0.1, -0.05) is 18.2 Å². The zero-order valence-electron chi connectivity index (χ0n) is 12.1. The molecule has 2 heterocycles. The first-order valence-corrected chi connectivity index (χ1v) is 9.01. The second-order valence-electron chi connectivity index (χ2n) is 5.95. The predicted molar refractivity (Wildman–Crippen MR) is 79.9 cm³/mol. The van der Waals surface area contributed by atoms with Crippen molar-refractivity contribution in [3.8, 4) is 6.07 Å². The Balaban J connectivity index is 1.70. The zero-order valence-corrected chi connectivity index (χ0v) is 12.9. The average molecular weight is 305 g/mol. The number of piperidine rings is 1. The third-order valence-corrected chi connectivity index (χ3v) is 5.82. The molecule has 0 unspecified atom stereocenters. The highest BCUT2D eigenvalue weighted by molar-refractivity contribution is 7.88. The van der Waals surface area contributed by atoms with Crippen LogP contribution in [0.15, 0.2) is 24.3 Å². The zero-order chi connectivity index (χ0) is 15.0. The molecule has 1 aromatic carbocycles. The fourth-order valence-corrected chi connectivity index (χ4v) is 4.54. The van der Waals surface area contributed by atoms with Gasteiger partial charge < -0.3 is 0 Å². The van der Waals surface area contributed by atoms with E-state index in [4.69, 9.17) is 5.26 Å². The molecule has 2 aliphatic heterocycles. The van der Waals surface area contributed by atoms with Crippen molar-refractivity contribution in [3.05, 3.63) is 35.4 Å². The lowest BCUT2D eigenvalue weighted by Gasteiger charge is -2.52. The van der Waals surface area contributed by atoms with Crippen LogP contribution in [0.3, 0.4) is 0 Å². The number of hydrogen-bond donors (Lipinski definition) is 0. The molecule has 0 N–H and O–H groups in total. The first kappa shape index (κ1) is 14.5. The van der Waals surface area contributed by atoms with Crippen LogP contribution in [0.2, 0.25) is 0 Å². The van der Waals surface area contributed by atoms with E-state index in [9.17, 15) is 8.42 Å². The minimum Gasteiger partial charge on any atom is -0.297 e. The summed E-state index contributed by atoms with van der Waals surface area (Å²) < 4.78 is 25.0. The number of nitrogens with zero attached hydrogens (tertiary/aromatic N) is 3. The molecule has 21 heavy (non-hydrogen) atoms. The van der Waals surface area contributed by atoms with Crippen molar-refractivity contribution in [1.82, 2.24) is 9.21 Å². The molecule has 5 nitrogen and oxygen atoms in total. The first-order valence-electron chi connectivity index (χ1n) is 7.16. The number of rotatable bonds is 3. The summed E-state index contributed by atoms with van der Waals surface area (Å²) in [5.41, 5.74) is 1.72. The number of likely N-dealkylation sites (tertiary alicyclic amines) is 1. The van der Waals surface area contributed by atoms with Gasteiger partial charge in [-0.05, 0) is 30.5 Å². The van der Waals surface area contributed by atoms with Crippen LogP contribution in [-0.2, 0) is 16.6 Å². The lowest BCUT2D eigenvalue weighted by atomic mass is 9.84. The van der Waals surface area contributed by atoms with Gasteiger partial charge in [-0.3, -0.25) is 4.90 Å². The fourth-order valence-electron chi connectivity index (χ4n) is 3.35. The molecule has 1 aromatic rings. The summed E-state index contributed by atoms with van der Waals surface area (Å²) in [4.78, 5) is 2.26. The van der Waals surface area contributed by atoms with Gasteiger partial charge in [0.1, 0.15) is 0 Å². The number of nitriles is 1. The maximum absolute atomic E-state index is 11.7. The maximum atomic E-state index is 11.7. The Bertz CT molecular complexity index is 680. The molecule has 6 heteroatoms. The molecule has 0 spiro atoms. The van der Waals surface area contributed by atoms with Crippen molar-refractivity contribution >= 4 is 10.0 Å². The smallest absolute Gasteiger partial charge is 0.211 e. The van der Waals surface area contributed by atoms with Crippen molar-refractivity contribution in [2.24, 2.45) is 5.92 Å². The average Bonchev–Trinajstić information content (AvgIpc) is 2.41. The molecule has 0 saturated carbocycles. The van der Waals surface area contributed by atoms with E-state index >= 15 is 0 Å². The molecule has 112 valence electrons. The van der Waals surface area contributed by atoms with Crippen LogP contribution in [0.1, 0.15) is 17.5 Å². The molecular formula is C15H19N3O2S. The summed E-state index contributed by atoms with van der Waals surface area (Å²) >= 11 is 0. The minimum absolute atomic E-state index is 0.114. The second kappa shape index (κ2) is 5.41. The molecule has 0 aromatic heterocycles. The van der Waals surface area contributed by atoms with E-state index in [-0.39, 0.29) is 6.04 Å². The largest absolute Gasteiger partial charge is 0.297 e. The predicted octanol–water partition coefficient (Wildman–Crippen LogP) is 1.02. The highest BCUT2D eigenvalue weighted by Gasteiger charge is 2.46. The van der Waals surface area contributed by atoms with Crippen molar-refractivity contribution in [3.63, 3.8) is 0 Å². The third-order valence-electron chi connectivity index (χ3n) is 4.55. The van der Waals surface area contributed by atoms with E-state index in [0.717, 1.165) is 25.1 Å². The van der Waals surface area contributed by atoms with Crippen LogP contribution in [0.5, 0.6) is 0 Å². The summed E-state index contributed by atoms with van der Waals surface area (Å²) in [6.45, 7) is 3.12. The van der Waals surface area contributed by atoms with Crippen LogP contribution >= 0.6 is 0 Å². The summed E-state index contributed by atoms with van der Waals surface area (Å²) in [5, 5.41) is 9.15. The van der Waals surface area contributed by atoms with Gasteiger partial charge in [-0.25, -0.2) is 8.42 Å². The van der Waals surface area contributed by atoms with Crippen LogP contribution < -0.4 is 0 Å². The van der Waals surface area contributed by atoms with Crippen LogP contribution in [0, 0.1) is 17.2 Å². The van der Waals surface area contributed by atoms with E-state index in [0.29, 0.717) is 24.6 Å². The Labute approximate surface area is 125 Å². The topological polar surface area (TPSA) is 64.4 Å². The number of hydrogen-bond acceptors (Lipinski definition) is 4. The monoisotopic (exact) mass is 305 g/mol. The molecule has 0 aliphatic carbocycles. The maximum Gasteiger partial charge on any atom is 0.211 e. The lowest BCUT2D eigenvalue weighted by molar-refractivity contribution is 0.0110. The van der Waals surface area contributed by atoms with Crippen molar-refractivity contribution in [2.75, 3.05) is 25.9 Å². The highest BCUT2D eigenvalue weighted by Crippen LogP contribution is 2.34. The molecule has 3 rings (SSSR count). The van der Waals surface area contributed by atoms with Crippen molar-refractivity contribution < 1.29 is 8.42 Å². The third kappa shape index (κ3) is 2.82. The fraction of sp³-hybridized carbons (Fsp3) is 0.533. The van der Waals surface area contributed by atoms with Crippen LogP contribution in [-0.4, -0.2) is 49.6 Å². The van der Waals surface area contributed by atoms with Gasteiger partial charge in [0, 0.05) is 25.7 Å². The lowest BCUT2D eigenvalue weighted by Crippen LogP contribution is -2.65. The number of sulfonamides is 1. The summed E-state index contributed by atoms with van der Waals surface area (Å²) in [5.74, 6) is 0.502. The number of benzene rings is 1. The van der Waals surface area contributed by atoms with E-state index < -0.39 is 10.0 Å². The molecule has 2 atom stereocenters. The highest BCUT2D eigenvalue weighted by atomic mass is 32.2. The van der Waals surface area contributed by atoms with Gasteiger partial charge in [-0.15, -0.1) is 0 Å². The first-order chi connectivity index (χ1) is 9.99. The van der Waals surface area contributed by atoms with Gasteiger partial charge in [0.05, 0.1) is 17.9 Å². The molecule has 0 bridgehead atoms. The van der Waals surface area contributed by atoms with Gasteiger partial charge in [-0.2, -0.15) is 9.57 Å². The van der Waals surface area contributed by atoms with E-state index in [2.05, 4.69) is 11.0 Å². The van der Waals surface area contributed by atoms with Crippen molar-refractivity contribution in [1.29, 1.82) is 5.26 Å². The van der Waals surface area contributed by atoms with E-state index in [1.807, 2.05) is 24.3 Å². The normalized spacial score (nSPS) is 26.7. The van der Waals surface area contributed by atoms with E-state index in [1.54, 1.807) is 4.31 Å². The van der Waals surface area contributed by atoms with Gasteiger partial charge >= 0.3 is 0 Å². The summed E-state index contributed by atoms with van der Waals surface area (Å²) in [6, 6.07) is 9.94. The van der Waals surface area contributed by atoms with Crippen LogP contribution in [0.4, 0.5) is 0 Å². The summed E-state index contributed by atoms with van der Waals surface area (Å²) in [6.07, 6.45) is 2.32. The van der Waals surface area contributed by atoms with E-state index in [1.165, 1.54) is 6.26 Å². The Morgan fingerprint density at radius 1 is 1.33 bits per heavy atom. The number of fused-ring (bicyclic) bond motifs is 1. The molecule has 0 amide bonds. The SMILES string of the molecule is CS(=O)(=O)N1C[C@H]2CCN(Cc3ccccc3C#N)C[C@H]21. The molecule has 0 radical (unpaired) electrons. The van der Waals surface area contributed by atoms with Gasteiger partial charge in [0.15, 0.2) is 0 Å². The van der Waals surface area contributed by atoms with Crippen LogP contribution in [0.25, 0.3) is 0 Å². The molecular weight excluding hydrogens is 286 g/mol. The Morgan fingerprint density at radius 3 is 2.81 bits per heavy atom. The molecule has 2 saturated heterocycles. The Hall–Kier alpha value is -1.42. The second-order valence-corrected chi connectivity index (χ2v) is 7.89.